The molecule has 1 aromatic rings. The molecule has 0 amide bonds. The van der Waals surface area contributed by atoms with Gasteiger partial charge in [-0.1, -0.05) is 6.07 Å². The maximum atomic E-state index is 11.5. The van der Waals surface area contributed by atoms with E-state index in [1.165, 1.54) is 12.8 Å². The Hall–Kier alpha value is -1.71. The topological polar surface area (TPSA) is 49.8 Å². The number of methoxy groups -OCH3 is 1. The van der Waals surface area contributed by atoms with Gasteiger partial charge >= 0.3 is 5.97 Å². The fourth-order valence-corrected chi connectivity index (χ4v) is 2.82. The minimum Gasteiger partial charge on any atom is -0.495 e. The van der Waals surface area contributed by atoms with E-state index in [1.807, 2.05) is 18.2 Å². The van der Waals surface area contributed by atoms with E-state index < -0.39 is 11.4 Å². The number of carboxylic acids is 1. The van der Waals surface area contributed by atoms with Crippen LogP contribution in [0.5, 0.6) is 5.75 Å². The molecule has 1 N–H and O–H groups in total. The number of ether oxygens (including phenoxy) is 1. The van der Waals surface area contributed by atoms with Crippen LogP contribution in [0, 0.1) is 5.92 Å². The fraction of sp³-hybridized carbons (Fsp3) is 0.562. The molecule has 2 fully saturated rings. The third-order valence-corrected chi connectivity index (χ3v) is 4.53. The zero-order chi connectivity index (χ0) is 14.3. The van der Waals surface area contributed by atoms with Crippen LogP contribution in [0.2, 0.25) is 0 Å². The van der Waals surface area contributed by atoms with E-state index in [0.29, 0.717) is 0 Å². The van der Waals surface area contributed by atoms with Crippen LogP contribution in [0.25, 0.3) is 0 Å². The summed E-state index contributed by atoms with van der Waals surface area (Å²) in [6, 6.07) is 5.80. The molecule has 0 radical (unpaired) electrons. The molecule has 0 aromatic heterocycles. The van der Waals surface area contributed by atoms with Gasteiger partial charge in [-0.25, -0.2) is 0 Å². The molecule has 0 bridgehead atoms. The van der Waals surface area contributed by atoms with Crippen molar-refractivity contribution in [2.45, 2.75) is 31.1 Å². The highest BCUT2D eigenvalue weighted by Crippen LogP contribution is 2.50. The van der Waals surface area contributed by atoms with Crippen LogP contribution >= 0.6 is 0 Å². The minimum absolute atomic E-state index is 0.651. The predicted molar refractivity (Wildman–Crippen MR) is 77.5 cm³/mol. The zero-order valence-electron chi connectivity index (χ0n) is 12.1. The van der Waals surface area contributed by atoms with Crippen LogP contribution in [0.15, 0.2) is 18.2 Å². The van der Waals surface area contributed by atoms with Crippen molar-refractivity contribution in [1.82, 2.24) is 0 Å². The second kappa shape index (κ2) is 4.69. The van der Waals surface area contributed by atoms with Gasteiger partial charge in [0.2, 0.25) is 0 Å². The van der Waals surface area contributed by atoms with Crippen LogP contribution < -0.4 is 9.64 Å². The number of anilines is 1. The normalized spacial score (nSPS) is 19.5. The number of benzene rings is 1. The largest absolute Gasteiger partial charge is 0.495 e. The standard InChI is InChI=1S/C16H21NO3/c1-17(10-11-3-4-11)13-9-12(5-6-14(13)20-2)16(7-8-16)15(18)19/h5-6,9,11H,3-4,7-8,10H2,1-2H3,(H,18,19). The first-order valence-electron chi connectivity index (χ1n) is 7.20. The number of rotatable bonds is 6. The smallest absolute Gasteiger partial charge is 0.314 e. The van der Waals surface area contributed by atoms with Crippen molar-refractivity contribution in [1.29, 1.82) is 0 Å². The molecule has 0 aliphatic heterocycles. The maximum absolute atomic E-state index is 11.5. The lowest BCUT2D eigenvalue weighted by Crippen LogP contribution is -2.23. The number of nitrogens with zero attached hydrogens (tertiary/aromatic N) is 1. The van der Waals surface area contributed by atoms with E-state index in [4.69, 9.17) is 4.74 Å². The Morgan fingerprint density at radius 2 is 2.15 bits per heavy atom. The molecule has 0 unspecified atom stereocenters. The van der Waals surface area contributed by atoms with Crippen LogP contribution in [-0.2, 0) is 10.2 Å². The highest BCUT2D eigenvalue weighted by atomic mass is 16.5. The molecule has 2 aliphatic rings. The molecule has 0 atom stereocenters. The first kappa shape index (κ1) is 13.3. The van der Waals surface area contributed by atoms with E-state index in [2.05, 4.69) is 11.9 Å². The first-order valence-corrected chi connectivity index (χ1v) is 7.20. The molecule has 3 rings (SSSR count). The molecular weight excluding hydrogens is 254 g/mol. The van der Waals surface area contributed by atoms with Crippen molar-refractivity contribution in [3.05, 3.63) is 23.8 Å². The maximum Gasteiger partial charge on any atom is 0.314 e. The Labute approximate surface area is 119 Å². The predicted octanol–water partition coefficient (Wildman–Crippen LogP) is 2.66. The summed E-state index contributed by atoms with van der Waals surface area (Å²) in [6.45, 7) is 1.01. The summed E-state index contributed by atoms with van der Waals surface area (Å²) in [5.41, 5.74) is 1.26. The van der Waals surface area contributed by atoms with Crippen molar-refractivity contribution >= 4 is 11.7 Å². The SMILES string of the molecule is COc1ccc(C2(C(=O)O)CC2)cc1N(C)CC1CC1. The quantitative estimate of drug-likeness (QED) is 0.867. The molecule has 2 aliphatic carbocycles. The summed E-state index contributed by atoms with van der Waals surface area (Å²) in [4.78, 5) is 13.7. The van der Waals surface area contributed by atoms with Crippen LogP contribution in [0.1, 0.15) is 31.2 Å². The van der Waals surface area contributed by atoms with Gasteiger partial charge in [0, 0.05) is 13.6 Å². The first-order chi connectivity index (χ1) is 9.56. The van der Waals surface area contributed by atoms with Gasteiger partial charge in [0.05, 0.1) is 18.2 Å². The second-order valence-corrected chi connectivity index (χ2v) is 6.10. The van der Waals surface area contributed by atoms with Crippen molar-refractivity contribution < 1.29 is 14.6 Å². The van der Waals surface area contributed by atoms with Crippen molar-refractivity contribution in [2.24, 2.45) is 5.92 Å². The van der Waals surface area contributed by atoms with E-state index in [1.54, 1.807) is 7.11 Å². The van der Waals surface area contributed by atoms with Crippen molar-refractivity contribution in [3.63, 3.8) is 0 Å². The van der Waals surface area contributed by atoms with Gasteiger partial charge in [0.25, 0.3) is 0 Å². The molecule has 1 aromatic carbocycles. The molecule has 108 valence electrons. The van der Waals surface area contributed by atoms with Gasteiger partial charge in [0.15, 0.2) is 0 Å². The Morgan fingerprint density at radius 1 is 1.45 bits per heavy atom. The Bertz CT molecular complexity index is 533. The Kier molecular flexibility index (Phi) is 3.11. The summed E-state index contributed by atoms with van der Waals surface area (Å²) in [5, 5.41) is 9.42. The molecule has 0 saturated heterocycles. The van der Waals surface area contributed by atoms with Gasteiger partial charge < -0.3 is 14.7 Å². The molecule has 20 heavy (non-hydrogen) atoms. The molecule has 0 spiro atoms. The van der Waals surface area contributed by atoms with Gasteiger partial charge in [0.1, 0.15) is 5.75 Å². The van der Waals surface area contributed by atoms with E-state index in [9.17, 15) is 9.90 Å². The summed E-state index contributed by atoms with van der Waals surface area (Å²) in [5.74, 6) is 0.888. The van der Waals surface area contributed by atoms with Gasteiger partial charge in [-0.3, -0.25) is 4.79 Å². The molecule has 4 heteroatoms. The minimum atomic E-state index is -0.710. The molecule has 2 saturated carbocycles. The molecule has 0 heterocycles. The molecule has 4 nitrogen and oxygen atoms in total. The van der Waals surface area contributed by atoms with E-state index >= 15 is 0 Å². The van der Waals surface area contributed by atoms with Crippen LogP contribution in [-0.4, -0.2) is 31.8 Å². The zero-order valence-corrected chi connectivity index (χ0v) is 12.1. The van der Waals surface area contributed by atoms with Crippen LogP contribution in [0.4, 0.5) is 5.69 Å². The third-order valence-electron chi connectivity index (χ3n) is 4.53. The lowest BCUT2D eigenvalue weighted by atomic mass is 9.95. The highest BCUT2D eigenvalue weighted by Gasteiger charge is 2.52. The number of hydrogen-bond acceptors (Lipinski definition) is 3. The Morgan fingerprint density at radius 3 is 2.65 bits per heavy atom. The Balaban J connectivity index is 1.92. The summed E-state index contributed by atoms with van der Waals surface area (Å²) >= 11 is 0. The van der Waals surface area contributed by atoms with Gasteiger partial charge in [-0.05, 0) is 49.3 Å². The fourth-order valence-electron chi connectivity index (χ4n) is 2.82. The number of carboxylic acid groups (broad SMARTS) is 1. The average Bonchev–Trinajstić information content (AvgIpc) is 3.31. The third kappa shape index (κ3) is 2.23. The van der Waals surface area contributed by atoms with E-state index in [0.717, 1.165) is 42.3 Å². The lowest BCUT2D eigenvalue weighted by molar-refractivity contribution is -0.140. The highest BCUT2D eigenvalue weighted by molar-refractivity contribution is 5.85. The average molecular weight is 275 g/mol. The van der Waals surface area contributed by atoms with Gasteiger partial charge in [-0.2, -0.15) is 0 Å². The van der Waals surface area contributed by atoms with Crippen LogP contribution in [0.3, 0.4) is 0 Å². The summed E-state index contributed by atoms with van der Waals surface area (Å²) < 4.78 is 5.43. The monoisotopic (exact) mass is 275 g/mol. The second-order valence-electron chi connectivity index (χ2n) is 6.10. The summed E-state index contributed by atoms with van der Waals surface area (Å²) in [7, 11) is 3.72. The van der Waals surface area contributed by atoms with Crippen molar-refractivity contribution in [2.75, 3.05) is 25.6 Å². The van der Waals surface area contributed by atoms with Gasteiger partial charge in [-0.15, -0.1) is 0 Å². The molecular formula is C16H21NO3. The number of hydrogen-bond donors (Lipinski definition) is 1. The number of carbonyl (C=O) groups is 1. The summed E-state index contributed by atoms with van der Waals surface area (Å²) in [6.07, 6.45) is 4.07. The van der Waals surface area contributed by atoms with Crippen molar-refractivity contribution in [3.8, 4) is 5.75 Å². The lowest BCUT2D eigenvalue weighted by Gasteiger charge is -2.23. The number of aliphatic carboxylic acids is 1. The van der Waals surface area contributed by atoms with E-state index in [-0.39, 0.29) is 0 Å².